The number of alkyl halides is 1. The summed E-state index contributed by atoms with van der Waals surface area (Å²) in [4.78, 5) is 38.1. The van der Waals surface area contributed by atoms with Crippen molar-refractivity contribution >= 4 is 39.3 Å². The van der Waals surface area contributed by atoms with Crippen molar-refractivity contribution in [1.82, 2.24) is 0 Å². The molecule has 0 fully saturated rings. The van der Waals surface area contributed by atoms with Crippen LogP contribution < -0.4 is 5.32 Å². The summed E-state index contributed by atoms with van der Waals surface area (Å²) < 4.78 is 5.74. The van der Waals surface area contributed by atoms with Crippen LogP contribution in [0.1, 0.15) is 41.5 Å². The van der Waals surface area contributed by atoms with E-state index < -0.39 is 16.9 Å². The highest BCUT2D eigenvalue weighted by Crippen LogP contribution is 2.31. The van der Waals surface area contributed by atoms with Gasteiger partial charge in [0.2, 0.25) is 5.78 Å². The second-order valence-electron chi connectivity index (χ2n) is 7.77. The van der Waals surface area contributed by atoms with E-state index >= 15 is 0 Å². The second kappa shape index (κ2) is 11.4. The zero-order valence-corrected chi connectivity index (χ0v) is 20.2. The maximum absolute atomic E-state index is 13.3. The predicted octanol–water partition coefficient (Wildman–Crippen LogP) is 6.48. The molecule has 0 aliphatic heterocycles. The fourth-order valence-corrected chi connectivity index (χ4v) is 4.14. The third-order valence-electron chi connectivity index (χ3n) is 5.35. The number of benzene rings is 4. The van der Waals surface area contributed by atoms with Gasteiger partial charge < -0.3 is 10.1 Å². The van der Waals surface area contributed by atoms with E-state index in [2.05, 4.69) is 21.2 Å². The van der Waals surface area contributed by atoms with Crippen LogP contribution in [0.4, 0.5) is 5.69 Å². The Bertz CT molecular complexity index is 1290. The average molecular weight is 528 g/mol. The van der Waals surface area contributed by atoms with Gasteiger partial charge in [-0.05, 0) is 42.0 Å². The van der Waals surface area contributed by atoms with Crippen molar-refractivity contribution in [2.45, 2.75) is 10.9 Å². The summed E-state index contributed by atoms with van der Waals surface area (Å²) in [5, 5.41) is 2.79. The highest BCUT2D eigenvalue weighted by molar-refractivity contribution is 9.09. The number of amides is 1. The molecule has 1 amide bonds. The normalized spacial score (nSPS) is 12.3. The zero-order valence-electron chi connectivity index (χ0n) is 18.6. The van der Waals surface area contributed by atoms with Gasteiger partial charge in [0.05, 0.1) is 10.4 Å². The molecule has 2 atom stereocenters. The second-order valence-corrected chi connectivity index (χ2v) is 8.75. The lowest BCUT2D eigenvalue weighted by molar-refractivity contribution is 0.0282. The fourth-order valence-electron chi connectivity index (χ4n) is 3.49. The summed E-state index contributed by atoms with van der Waals surface area (Å²) in [5.41, 5.74) is 2.59. The first kappa shape index (κ1) is 24.1. The molecule has 0 saturated heterocycles. The number of ketones is 1. The van der Waals surface area contributed by atoms with Crippen molar-refractivity contribution in [1.29, 1.82) is 0 Å². The minimum atomic E-state index is -1.08. The van der Waals surface area contributed by atoms with Crippen LogP contribution >= 0.6 is 15.9 Å². The fraction of sp³-hybridized carbons (Fsp3) is 0.0690. The van der Waals surface area contributed by atoms with Gasteiger partial charge in [0.25, 0.3) is 5.91 Å². The van der Waals surface area contributed by atoms with Crippen LogP contribution in [0.5, 0.6) is 0 Å². The van der Waals surface area contributed by atoms with Crippen molar-refractivity contribution in [3.63, 3.8) is 0 Å². The molecule has 0 saturated carbocycles. The molecule has 5 nitrogen and oxygen atoms in total. The van der Waals surface area contributed by atoms with Gasteiger partial charge in [0.1, 0.15) is 0 Å². The topological polar surface area (TPSA) is 72.5 Å². The van der Waals surface area contributed by atoms with Crippen LogP contribution in [0.15, 0.2) is 115 Å². The number of rotatable bonds is 8. The number of Topliss-reactive ketones (excluding diaryl/α,β-unsaturated/α-hetero) is 1. The number of hydrogen-bond donors (Lipinski definition) is 1. The lowest BCUT2D eigenvalue weighted by Gasteiger charge is -2.22. The molecule has 4 aromatic carbocycles. The van der Waals surface area contributed by atoms with Crippen molar-refractivity contribution in [2.24, 2.45) is 0 Å². The lowest BCUT2D eigenvalue weighted by Crippen LogP contribution is -2.31. The van der Waals surface area contributed by atoms with Gasteiger partial charge in [-0.25, -0.2) is 4.79 Å². The molecular weight excluding hydrogens is 506 g/mol. The number of carbonyl (C=O) groups excluding carboxylic acids is 3. The first-order valence-corrected chi connectivity index (χ1v) is 11.9. The third kappa shape index (κ3) is 6.11. The number of anilines is 1. The maximum atomic E-state index is 13.3. The molecule has 0 aliphatic carbocycles. The van der Waals surface area contributed by atoms with Crippen molar-refractivity contribution in [2.75, 3.05) is 5.32 Å². The molecule has 4 aromatic rings. The van der Waals surface area contributed by atoms with Gasteiger partial charge in [0.15, 0.2) is 6.10 Å². The Morgan fingerprint density at radius 1 is 0.629 bits per heavy atom. The molecule has 174 valence electrons. The van der Waals surface area contributed by atoms with Gasteiger partial charge in [-0.3, -0.25) is 9.59 Å². The van der Waals surface area contributed by atoms with Crippen molar-refractivity contribution in [3.8, 4) is 0 Å². The summed E-state index contributed by atoms with van der Waals surface area (Å²) in [6.45, 7) is 0. The van der Waals surface area contributed by atoms with E-state index in [0.717, 1.165) is 5.56 Å². The smallest absolute Gasteiger partial charge is 0.338 e. The van der Waals surface area contributed by atoms with Gasteiger partial charge in [-0.2, -0.15) is 0 Å². The number of hydrogen-bond acceptors (Lipinski definition) is 4. The van der Waals surface area contributed by atoms with Crippen LogP contribution in [0.2, 0.25) is 0 Å². The van der Waals surface area contributed by atoms with Crippen LogP contribution in [-0.2, 0) is 4.74 Å². The Balaban J connectivity index is 1.51. The Morgan fingerprint density at radius 3 is 1.71 bits per heavy atom. The van der Waals surface area contributed by atoms with Crippen LogP contribution in [-0.4, -0.2) is 23.8 Å². The summed E-state index contributed by atoms with van der Waals surface area (Å²) >= 11 is 3.57. The Morgan fingerprint density at radius 2 is 1.14 bits per heavy atom. The number of carbonyl (C=O) groups is 3. The molecule has 0 radical (unpaired) electrons. The summed E-state index contributed by atoms with van der Waals surface area (Å²) in [5.74, 6) is -1.20. The Hall–Kier alpha value is -4.03. The Kier molecular flexibility index (Phi) is 7.85. The highest BCUT2D eigenvalue weighted by Gasteiger charge is 2.32. The van der Waals surface area contributed by atoms with E-state index in [4.69, 9.17) is 4.74 Å². The molecular formula is C29H22BrNO4. The van der Waals surface area contributed by atoms with Crippen molar-refractivity contribution in [3.05, 3.63) is 138 Å². The zero-order chi connectivity index (χ0) is 24.6. The first-order chi connectivity index (χ1) is 17.0. The highest BCUT2D eigenvalue weighted by atomic mass is 79.9. The molecule has 1 N–H and O–H groups in total. The standard InChI is InChI=1S/C29H22BrNO4/c30-25(20-10-4-1-5-11-20)27(26(32)21-12-6-2-7-13-21)35-29(34)23-16-18-24(19-17-23)31-28(33)22-14-8-3-9-15-22/h1-19,25,27H,(H,31,33)/t25-,27+/m1/s1. The van der Waals surface area contributed by atoms with E-state index in [1.807, 2.05) is 42.5 Å². The molecule has 35 heavy (non-hydrogen) atoms. The van der Waals surface area contributed by atoms with E-state index in [1.165, 1.54) is 0 Å². The van der Waals surface area contributed by atoms with Crippen molar-refractivity contribution < 1.29 is 19.1 Å². The monoisotopic (exact) mass is 527 g/mol. The largest absolute Gasteiger partial charge is 0.449 e. The van der Waals surface area contributed by atoms with Gasteiger partial charge in [0, 0.05) is 16.8 Å². The molecule has 4 rings (SSSR count). The summed E-state index contributed by atoms with van der Waals surface area (Å²) in [7, 11) is 0. The first-order valence-electron chi connectivity index (χ1n) is 11.0. The molecule has 0 spiro atoms. The van der Waals surface area contributed by atoms with E-state index in [0.29, 0.717) is 16.8 Å². The van der Waals surface area contributed by atoms with Gasteiger partial charge in [-0.1, -0.05) is 94.8 Å². The minimum absolute atomic E-state index is 0.251. The summed E-state index contributed by atoms with van der Waals surface area (Å²) in [6, 6.07) is 33.2. The van der Waals surface area contributed by atoms with Crippen LogP contribution in [0.25, 0.3) is 0 Å². The molecule has 0 unspecified atom stereocenters. The number of esters is 1. The average Bonchev–Trinajstić information content (AvgIpc) is 2.92. The molecule has 0 aliphatic rings. The quantitative estimate of drug-likeness (QED) is 0.161. The molecule has 0 bridgehead atoms. The third-order valence-corrected chi connectivity index (χ3v) is 6.36. The Labute approximate surface area is 211 Å². The number of ether oxygens (including phenoxy) is 1. The number of nitrogens with one attached hydrogen (secondary N) is 1. The summed E-state index contributed by atoms with van der Waals surface area (Å²) in [6.07, 6.45) is -1.08. The van der Waals surface area contributed by atoms with Crippen LogP contribution in [0.3, 0.4) is 0 Å². The van der Waals surface area contributed by atoms with Gasteiger partial charge in [-0.15, -0.1) is 0 Å². The van der Waals surface area contributed by atoms with E-state index in [9.17, 15) is 14.4 Å². The SMILES string of the molecule is O=C(Nc1ccc(C(=O)O[C@H](C(=O)c2ccccc2)[C@H](Br)c2ccccc2)cc1)c1ccccc1. The van der Waals surface area contributed by atoms with E-state index in [-0.39, 0.29) is 17.3 Å². The minimum Gasteiger partial charge on any atom is -0.449 e. The molecule has 6 heteroatoms. The number of halogens is 1. The van der Waals surface area contributed by atoms with E-state index in [1.54, 1.807) is 72.8 Å². The maximum Gasteiger partial charge on any atom is 0.338 e. The molecule has 0 heterocycles. The molecule has 0 aromatic heterocycles. The van der Waals surface area contributed by atoms with Gasteiger partial charge >= 0.3 is 5.97 Å². The van der Waals surface area contributed by atoms with Crippen LogP contribution in [0, 0.1) is 0 Å². The lowest BCUT2D eigenvalue weighted by atomic mass is 9.99. The predicted molar refractivity (Wildman–Crippen MR) is 139 cm³/mol.